The number of ether oxygens (including phenoxy) is 1. The molecule has 3 aromatic rings. The number of aryl methyl sites for hydroxylation is 2. The van der Waals surface area contributed by atoms with Crippen LogP contribution in [0.25, 0.3) is 11.0 Å². The van der Waals surface area contributed by atoms with E-state index in [1.165, 1.54) is 6.33 Å². The molecule has 0 unspecified atom stereocenters. The Labute approximate surface area is 158 Å². The van der Waals surface area contributed by atoms with E-state index in [-0.39, 0.29) is 17.6 Å². The maximum atomic E-state index is 12.1. The van der Waals surface area contributed by atoms with Crippen LogP contribution in [0, 0.1) is 6.92 Å². The van der Waals surface area contributed by atoms with Gasteiger partial charge in [0.05, 0.1) is 28.7 Å². The van der Waals surface area contributed by atoms with Gasteiger partial charge in [-0.2, -0.15) is 0 Å². The number of nitrogens with one attached hydrogen (secondary N) is 2. The minimum Gasteiger partial charge on any atom is -0.489 e. The van der Waals surface area contributed by atoms with Gasteiger partial charge in [-0.3, -0.25) is 0 Å². The number of hydrogen-bond acceptors (Lipinski definition) is 6. The Bertz CT molecular complexity index is 1120. The second-order valence-corrected chi connectivity index (χ2v) is 9.35. The van der Waals surface area contributed by atoms with Crippen molar-refractivity contribution in [1.82, 2.24) is 15.0 Å². The van der Waals surface area contributed by atoms with Crippen molar-refractivity contribution in [2.45, 2.75) is 39.0 Å². The third kappa shape index (κ3) is 3.49. The van der Waals surface area contributed by atoms with Crippen molar-refractivity contribution in [2.24, 2.45) is 0 Å². The molecule has 27 heavy (non-hydrogen) atoms. The highest BCUT2D eigenvalue weighted by atomic mass is 32.2. The van der Waals surface area contributed by atoms with Crippen molar-refractivity contribution in [3.63, 3.8) is 0 Å². The quantitative estimate of drug-likeness (QED) is 0.714. The molecule has 0 fully saturated rings. The molecule has 1 aromatic carbocycles. The average molecular weight is 386 g/mol. The molecular formula is C19H22N4O3S. The third-order valence-corrected chi connectivity index (χ3v) is 6.12. The predicted octanol–water partition coefficient (Wildman–Crippen LogP) is 3.27. The molecule has 2 aromatic heterocycles. The molecule has 0 atom stereocenters. The summed E-state index contributed by atoms with van der Waals surface area (Å²) >= 11 is 0. The minimum absolute atomic E-state index is 0.00758. The fourth-order valence-electron chi connectivity index (χ4n) is 3.36. The first-order valence-corrected chi connectivity index (χ1v) is 10.7. The van der Waals surface area contributed by atoms with Gasteiger partial charge in [-0.05, 0) is 38.5 Å². The zero-order valence-electron chi connectivity index (χ0n) is 15.5. The number of benzene rings is 1. The molecule has 7 nitrogen and oxygen atoms in total. The Morgan fingerprint density at radius 3 is 2.85 bits per heavy atom. The molecular weight excluding hydrogens is 364 g/mol. The highest BCUT2D eigenvalue weighted by Gasteiger charge is 2.27. The number of aromatic amines is 1. The summed E-state index contributed by atoms with van der Waals surface area (Å²) in [5, 5.41) is 4.05. The first-order chi connectivity index (χ1) is 12.8. The maximum Gasteiger partial charge on any atom is 0.154 e. The SMILES string of the molecule is Cc1ccc(Nc2ncnc3[nH]c4c(c23)CS(=O)(=O)CC4)c(OC(C)C)c1. The number of sulfone groups is 1. The molecule has 0 aliphatic carbocycles. The van der Waals surface area contributed by atoms with Crippen molar-refractivity contribution >= 4 is 32.4 Å². The molecule has 8 heteroatoms. The van der Waals surface area contributed by atoms with Gasteiger partial charge in [-0.1, -0.05) is 6.07 Å². The van der Waals surface area contributed by atoms with Crippen LogP contribution in [0.1, 0.15) is 30.7 Å². The topological polar surface area (TPSA) is 97.0 Å². The smallest absolute Gasteiger partial charge is 0.154 e. The summed E-state index contributed by atoms with van der Waals surface area (Å²) in [5.74, 6) is 1.47. The van der Waals surface area contributed by atoms with Gasteiger partial charge in [0.1, 0.15) is 23.5 Å². The van der Waals surface area contributed by atoms with E-state index in [1.54, 1.807) is 0 Å². The number of rotatable bonds is 4. The van der Waals surface area contributed by atoms with Crippen LogP contribution < -0.4 is 10.1 Å². The number of anilines is 2. The summed E-state index contributed by atoms with van der Waals surface area (Å²) < 4.78 is 30.2. The highest BCUT2D eigenvalue weighted by Crippen LogP contribution is 2.35. The molecule has 0 bridgehead atoms. The Hall–Kier alpha value is -2.61. The van der Waals surface area contributed by atoms with Crippen LogP contribution in [0.2, 0.25) is 0 Å². The molecule has 0 spiro atoms. The summed E-state index contributed by atoms with van der Waals surface area (Å²) in [4.78, 5) is 11.9. The van der Waals surface area contributed by atoms with Crippen molar-refractivity contribution in [1.29, 1.82) is 0 Å². The van der Waals surface area contributed by atoms with E-state index in [4.69, 9.17) is 4.74 Å². The summed E-state index contributed by atoms with van der Waals surface area (Å²) in [6, 6.07) is 5.90. The average Bonchev–Trinajstić information content (AvgIpc) is 2.94. The molecule has 1 aliphatic rings. The van der Waals surface area contributed by atoms with E-state index in [1.807, 2.05) is 39.0 Å². The van der Waals surface area contributed by atoms with Crippen LogP contribution in [-0.2, 0) is 22.0 Å². The number of H-pyrrole nitrogens is 1. The number of aromatic nitrogens is 3. The maximum absolute atomic E-state index is 12.1. The molecule has 0 saturated carbocycles. The van der Waals surface area contributed by atoms with Gasteiger partial charge >= 0.3 is 0 Å². The Kier molecular flexibility index (Phi) is 4.30. The van der Waals surface area contributed by atoms with Crippen LogP contribution >= 0.6 is 0 Å². The summed E-state index contributed by atoms with van der Waals surface area (Å²) in [5.41, 5.74) is 4.20. The van der Waals surface area contributed by atoms with Gasteiger partial charge in [0.15, 0.2) is 9.84 Å². The zero-order chi connectivity index (χ0) is 19.2. The van der Waals surface area contributed by atoms with E-state index < -0.39 is 9.84 Å². The lowest BCUT2D eigenvalue weighted by molar-refractivity contribution is 0.243. The molecule has 2 N–H and O–H groups in total. The molecule has 1 aliphatic heterocycles. The summed E-state index contributed by atoms with van der Waals surface area (Å²) in [6.45, 7) is 5.96. The van der Waals surface area contributed by atoms with Gasteiger partial charge in [0.2, 0.25) is 0 Å². The zero-order valence-corrected chi connectivity index (χ0v) is 16.4. The fourth-order valence-corrected chi connectivity index (χ4v) is 4.78. The summed E-state index contributed by atoms with van der Waals surface area (Å²) in [7, 11) is -3.10. The molecule has 142 valence electrons. The number of hydrogen-bond donors (Lipinski definition) is 2. The van der Waals surface area contributed by atoms with Gasteiger partial charge in [-0.15, -0.1) is 0 Å². The normalized spacial score (nSPS) is 15.7. The first kappa shape index (κ1) is 17.8. The van der Waals surface area contributed by atoms with Crippen LogP contribution in [0.4, 0.5) is 11.5 Å². The predicted molar refractivity (Wildman–Crippen MR) is 105 cm³/mol. The van der Waals surface area contributed by atoms with E-state index in [0.29, 0.717) is 17.9 Å². The second kappa shape index (κ2) is 6.53. The highest BCUT2D eigenvalue weighted by molar-refractivity contribution is 7.90. The minimum atomic E-state index is -3.10. The van der Waals surface area contributed by atoms with Crippen LogP contribution in [0.3, 0.4) is 0 Å². The van der Waals surface area contributed by atoms with Gasteiger partial charge in [0, 0.05) is 17.7 Å². The van der Waals surface area contributed by atoms with Crippen LogP contribution in [0.5, 0.6) is 5.75 Å². The van der Waals surface area contributed by atoms with Gasteiger partial charge < -0.3 is 15.0 Å². The third-order valence-electron chi connectivity index (χ3n) is 4.56. The lowest BCUT2D eigenvalue weighted by Crippen LogP contribution is -2.18. The van der Waals surface area contributed by atoms with E-state index in [2.05, 4.69) is 20.3 Å². The standard InChI is InChI=1S/C19H22N4O3S/c1-11(2)26-16-8-12(3)4-5-15(16)23-19-17-13-9-27(24,25)7-6-14(13)22-18(17)20-10-21-19/h4-5,8,10-11H,6-7,9H2,1-3H3,(H2,20,21,22,23). The monoisotopic (exact) mass is 386 g/mol. The largest absolute Gasteiger partial charge is 0.489 e. The van der Waals surface area contributed by atoms with Crippen LogP contribution in [0.15, 0.2) is 24.5 Å². The Balaban J connectivity index is 1.81. The lowest BCUT2D eigenvalue weighted by atomic mass is 10.1. The van der Waals surface area contributed by atoms with E-state index >= 15 is 0 Å². The van der Waals surface area contributed by atoms with Crippen molar-refractivity contribution in [2.75, 3.05) is 11.1 Å². The number of fused-ring (bicyclic) bond motifs is 3. The van der Waals surface area contributed by atoms with Crippen molar-refractivity contribution in [3.8, 4) is 5.75 Å². The second-order valence-electron chi connectivity index (χ2n) is 7.16. The molecule has 4 rings (SSSR count). The summed E-state index contributed by atoms with van der Waals surface area (Å²) in [6.07, 6.45) is 1.97. The van der Waals surface area contributed by atoms with Gasteiger partial charge in [-0.25, -0.2) is 18.4 Å². The van der Waals surface area contributed by atoms with E-state index in [9.17, 15) is 8.42 Å². The molecule has 0 amide bonds. The van der Waals surface area contributed by atoms with Gasteiger partial charge in [0.25, 0.3) is 0 Å². The fraction of sp³-hybridized carbons (Fsp3) is 0.368. The molecule has 0 saturated heterocycles. The van der Waals surface area contributed by atoms with Crippen LogP contribution in [-0.4, -0.2) is 35.2 Å². The van der Waals surface area contributed by atoms with E-state index in [0.717, 1.165) is 33.6 Å². The van der Waals surface area contributed by atoms with Crippen molar-refractivity contribution < 1.29 is 13.2 Å². The first-order valence-electron chi connectivity index (χ1n) is 8.91. The van der Waals surface area contributed by atoms with Crippen molar-refractivity contribution in [3.05, 3.63) is 41.3 Å². The number of nitrogens with zero attached hydrogens (tertiary/aromatic N) is 2. The lowest BCUT2D eigenvalue weighted by Gasteiger charge is -2.17. The Morgan fingerprint density at radius 1 is 1.26 bits per heavy atom. The Morgan fingerprint density at radius 2 is 2.07 bits per heavy atom. The molecule has 0 radical (unpaired) electrons. The molecule has 3 heterocycles.